The normalized spacial score (nSPS) is 27.6. The summed E-state index contributed by atoms with van der Waals surface area (Å²) in [7, 11) is 4.18. The SMILES string of the molecule is CN(C)c1ccc(CN[C@H]2CC[C@H](NC3(C)N=CC=C(CC4SC(=O)NC4=O)N3)CC2)c2ccccc12. The number of hydrogen-bond donors (Lipinski definition) is 4. The second kappa shape index (κ2) is 10.8. The maximum atomic E-state index is 12.0. The van der Waals surface area contributed by atoms with Crippen LogP contribution < -0.4 is 26.2 Å². The van der Waals surface area contributed by atoms with Crippen LogP contribution >= 0.6 is 11.8 Å². The molecule has 196 valence electrons. The average Bonchev–Trinajstić information content (AvgIpc) is 3.19. The number of carbonyl (C=O) groups is 2. The Morgan fingerprint density at radius 2 is 1.78 bits per heavy atom. The number of fused-ring (bicyclic) bond motifs is 1. The van der Waals surface area contributed by atoms with Gasteiger partial charge in [0, 0.05) is 62.1 Å². The molecule has 1 saturated heterocycles. The number of nitrogens with one attached hydrogen (secondary N) is 4. The van der Waals surface area contributed by atoms with Crippen LogP contribution in [0.25, 0.3) is 10.8 Å². The molecule has 2 atom stereocenters. The summed E-state index contributed by atoms with van der Waals surface area (Å²) < 4.78 is 0. The van der Waals surface area contributed by atoms with Gasteiger partial charge in [0.25, 0.3) is 5.24 Å². The Bertz CT molecular complexity index is 1240. The number of aliphatic imine (C=N–C) groups is 1. The largest absolute Gasteiger partial charge is 0.377 e. The van der Waals surface area contributed by atoms with E-state index in [2.05, 4.69) is 81.7 Å². The Morgan fingerprint density at radius 3 is 2.49 bits per heavy atom. The molecule has 9 heteroatoms. The van der Waals surface area contributed by atoms with Crippen molar-refractivity contribution in [2.45, 2.75) is 68.7 Å². The van der Waals surface area contributed by atoms with Crippen molar-refractivity contribution in [1.82, 2.24) is 21.3 Å². The van der Waals surface area contributed by atoms with Crippen LogP contribution in [0.15, 0.2) is 53.2 Å². The number of imide groups is 1. The van der Waals surface area contributed by atoms with Crippen molar-refractivity contribution in [2.24, 2.45) is 4.99 Å². The summed E-state index contributed by atoms with van der Waals surface area (Å²) in [6.45, 7) is 2.89. The minimum atomic E-state index is -0.619. The van der Waals surface area contributed by atoms with Crippen LogP contribution in [0.2, 0.25) is 0 Å². The molecule has 1 saturated carbocycles. The molecule has 2 aromatic carbocycles. The molecule has 2 aromatic rings. The highest BCUT2D eigenvalue weighted by Crippen LogP contribution is 2.30. The average molecular weight is 521 g/mol. The van der Waals surface area contributed by atoms with Gasteiger partial charge in [-0.25, -0.2) is 0 Å². The van der Waals surface area contributed by atoms with Gasteiger partial charge in [0.1, 0.15) is 0 Å². The molecule has 8 nitrogen and oxygen atoms in total. The van der Waals surface area contributed by atoms with Gasteiger partial charge in [-0.2, -0.15) is 0 Å². The first-order valence-corrected chi connectivity index (χ1v) is 13.9. The van der Waals surface area contributed by atoms with Gasteiger partial charge in [0.05, 0.1) is 5.25 Å². The minimum Gasteiger partial charge on any atom is -0.377 e. The van der Waals surface area contributed by atoms with E-state index < -0.39 is 5.79 Å². The number of thioether (sulfide) groups is 1. The summed E-state index contributed by atoms with van der Waals surface area (Å²) in [5, 5.41) is 15.2. The van der Waals surface area contributed by atoms with Gasteiger partial charge in [0.2, 0.25) is 5.91 Å². The lowest BCUT2D eigenvalue weighted by molar-refractivity contribution is -0.119. The fourth-order valence-electron chi connectivity index (χ4n) is 5.57. The second-order valence-corrected chi connectivity index (χ2v) is 11.7. The zero-order valence-corrected chi connectivity index (χ0v) is 22.5. The van der Waals surface area contributed by atoms with E-state index in [4.69, 9.17) is 0 Å². The standard InChI is InChI=1S/C28H36N6O2S/c1-28(30-15-14-21(33-28)16-25-26(35)31-27(36)37-25)32-20-11-9-19(10-12-20)29-17-18-8-13-24(34(2)3)23-7-5-4-6-22(18)23/h4-8,13-15,19-20,25,29,32-33H,9-12,16-17H2,1-3H3,(H,31,35,36)/t19-,20-,25?,28?. The Morgan fingerprint density at radius 1 is 1.05 bits per heavy atom. The van der Waals surface area contributed by atoms with Crippen LogP contribution in [0, 0.1) is 0 Å². The number of anilines is 1. The number of nitrogens with zero attached hydrogens (tertiary/aromatic N) is 2. The van der Waals surface area contributed by atoms with Crippen molar-refractivity contribution < 1.29 is 9.59 Å². The van der Waals surface area contributed by atoms with Gasteiger partial charge in [0.15, 0.2) is 5.79 Å². The first-order chi connectivity index (χ1) is 17.8. The summed E-state index contributed by atoms with van der Waals surface area (Å²) in [4.78, 5) is 30.3. The smallest absolute Gasteiger partial charge is 0.286 e. The van der Waals surface area contributed by atoms with Crippen LogP contribution in [0.1, 0.15) is 44.6 Å². The summed E-state index contributed by atoms with van der Waals surface area (Å²) in [5.41, 5.74) is 3.50. The molecule has 2 heterocycles. The van der Waals surface area contributed by atoms with Gasteiger partial charge >= 0.3 is 0 Å². The Balaban J connectivity index is 1.12. The fraction of sp³-hybridized carbons (Fsp3) is 0.464. The highest BCUT2D eigenvalue weighted by molar-refractivity contribution is 8.15. The molecule has 3 aliphatic rings. The molecular formula is C28H36N6O2S. The van der Waals surface area contributed by atoms with E-state index in [1.165, 1.54) is 22.0 Å². The van der Waals surface area contributed by atoms with E-state index in [9.17, 15) is 9.59 Å². The van der Waals surface area contributed by atoms with Gasteiger partial charge in [-0.15, -0.1) is 0 Å². The van der Waals surface area contributed by atoms with Crippen molar-refractivity contribution in [2.75, 3.05) is 19.0 Å². The molecule has 2 amide bonds. The second-order valence-electron chi connectivity index (χ2n) is 10.5. The predicted molar refractivity (Wildman–Crippen MR) is 152 cm³/mol. The van der Waals surface area contributed by atoms with E-state index in [-0.39, 0.29) is 16.4 Å². The third kappa shape index (κ3) is 6.00. The number of carbonyl (C=O) groups excluding carboxylic acids is 2. The maximum absolute atomic E-state index is 12.0. The molecule has 2 aliphatic heterocycles. The molecule has 2 fully saturated rings. The third-order valence-corrected chi connectivity index (χ3v) is 8.43. The first kappa shape index (κ1) is 25.8. The van der Waals surface area contributed by atoms with E-state index in [1.54, 1.807) is 6.21 Å². The van der Waals surface area contributed by atoms with E-state index in [0.29, 0.717) is 18.5 Å². The lowest BCUT2D eigenvalue weighted by Gasteiger charge is -2.38. The summed E-state index contributed by atoms with van der Waals surface area (Å²) in [6, 6.07) is 14.0. The van der Waals surface area contributed by atoms with Gasteiger partial charge in [-0.05, 0) is 55.7 Å². The summed E-state index contributed by atoms with van der Waals surface area (Å²) in [5.74, 6) is -0.839. The molecule has 1 aliphatic carbocycles. The summed E-state index contributed by atoms with van der Waals surface area (Å²) >= 11 is 1.05. The molecule has 4 N–H and O–H groups in total. The monoisotopic (exact) mass is 520 g/mol. The molecule has 2 unspecified atom stereocenters. The Hall–Kier alpha value is -2.88. The molecule has 5 rings (SSSR count). The minimum absolute atomic E-state index is 0.220. The number of benzene rings is 2. The van der Waals surface area contributed by atoms with E-state index in [1.807, 2.05) is 13.0 Å². The van der Waals surface area contributed by atoms with Gasteiger partial charge in [-0.3, -0.25) is 25.2 Å². The topological polar surface area (TPSA) is 97.9 Å². The molecule has 0 spiro atoms. The van der Waals surface area contributed by atoms with Crippen LogP contribution in [0.3, 0.4) is 0 Å². The van der Waals surface area contributed by atoms with Gasteiger partial charge < -0.3 is 15.5 Å². The first-order valence-electron chi connectivity index (χ1n) is 13.0. The van der Waals surface area contributed by atoms with Crippen molar-refractivity contribution in [3.63, 3.8) is 0 Å². The lowest BCUT2D eigenvalue weighted by Crippen LogP contribution is -2.58. The maximum Gasteiger partial charge on any atom is 0.286 e. The van der Waals surface area contributed by atoms with E-state index >= 15 is 0 Å². The van der Waals surface area contributed by atoms with Crippen LogP contribution in [-0.4, -0.2) is 54.6 Å². The quantitative estimate of drug-likeness (QED) is 0.420. The van der Waals surface area contributed by atoms with Gasteiger partial charge in [-0.1, -0.05) is 42.1 Å². The third-order valence-electron chi connectivity index (χ3n) is 7.45. The number of rotatable bonds is 8. The molecule has 0 radical (unpaired) electrons. The molecule has 0 bridgehead atoms. The number of allylic oxidation sites excluding steroid dienone is 2. The van der Waals surface area contributed by atoms with Crippen molar-refractivity contribution in [1.29, 1.82) is 0 Å². The molecule has 0 aromatic heterocycles. The summed E-state index contributed by atoms with van der Waals surface area (Å²) in [6.07, 6.45) is 8.50. The molecule has 37 heavy (non-hydrogen) atoms. The fourth-order valence-corrected chi connectivity index (χ4v) is 6.41. The zero-order valence-electron chi connectivity index (χ0n) is 21.7. The van der Waals surface area contributed by atoms with Crippen molar-refractivity contribution in [3.05, 3.63) is 53.7 Å². The Kier molecular flexibility index (Phi) is 7.55. The molecular weight excluding hydrogens is 484 g/mol. The Labute approximate surface area is 222 Å². The lowest BCUT2D eigenvalue weighted by atomic mass is 9.90. The highest BCUT2D eigenvalue weighted by Gasteiger charge is 2.35. The van der Waals surface area contributed by atoms with Crippen molar-refractivity contribution >= 4 is 45.6 Å². The number of amides is 2. The number of hydrogen-bond acceptors (Lipinski definition) is 8. The van der Waals surface area contributed by atoms with Crippen molar-refractivity contribution in [3.8, 4) is 0 Å². The van der Waals surface area contributed by atoms with Crippen LogP contribution in [0.4, 0.5) is 10.5 Å². The van der Waals surface area contributed by atoms with E-state index in [0.717, 1.165) is 49.7 Å². The highest BCUT2D eigenvalue weighted by atomic mass is 32.2. The van der Waals surface area contributed by atoms with Crippen LogP contribution in [0.5, 0.6) is 0 Å². The van der Waals surface area contributed by atoms with Crippen LogP contribution in [-0.2, 0) is 11.3 Å². The predicted octanol–water partition coefficient (Wildman–Crippen LogP) is 3.87. The zero-order chi connectivity index (χ0) is 26.0.